The van der Waals surface area contributed by atoms with Gasteiger partial charge in [-0.05, 0) is 44.9 Å². The zero-order valence-electron chi connectivity index (χ0n) is 11.0. The molecule has 0 saturated heterocycles. The van der Waals surface area contributed by atoms with Crippen LogP contribution >= 0.6 is 0 Å². The van der Waals surface area contributed by atoms with Gasteiger partial charge in [-0.25, -0.2) is 0 Å². The summed E-state index contributed by atoms with van der Waals surface area (Å²) in [5.74, 6) is 0.590. The Morgan fingerprint density at radius 2 is 1.75 bits per heavy atom. The Morgan fingerprint density at radius 3 is 2.12 bits per heavy atom. The molecule has 0 spiro atoms. The maximum absolute atomic E-state index is 11.8. The SMILES string of the molecule is COC(=O)C(C)(C)C1(O)CC(C)CC(C)C1. The Morgan fingerprint density at radius 1 is 1.31 bits per heavy atom. The molecule has 3 heteroatoms. The first-order valence-electron chi connectivity index (χ1n) is 6.03. The van der Waals surface area contributed by atoms with Gasteiger partial charge in [-0.2, -0.15) is 0 Å². The molecular weight excluding hydrogens is 204 g/mol. The van der Waals surface area contributed by atoms with Crippen molar-refractivity contribution >= 4 is 5.97 Å². The Hall–Kier alpha value is -0.570. The Balaban J connectivity index is 2.95. The van der Waals surface area contributed by atoms with Crippen molar-refractivity contribution in [2.75, 3.05) is 7.11 Å². The largest absolute Gasteiger partial charge is 0.469 e. The van der Waals surface area contributed by atoms with Crippen LogP contribution in [0, 0.1) is 17.3 Å². The van der Waals surface area contributed by atoms with Crippen molar-refractivity contribution in [3.63, 3.8) is 0 Å². The summed E-state index contributed by atoms with van der Waals surface area (Å²) in [7, 11) is 1.38. The molecule has 1 fully saturated rings. The van der Waals surface area contributed by atoms with Gasteiger partial charge in [-0.15, -0.1) is 0 Å². The molecule has 1 aliphatic carbocycles. The van der Waals surface area contributed by atoms with Gasteiger partial charge < -0.3 is 9.84 Å². The van der Waals surface area contributed by atoms with Crippen LogP contribution in [-0.4, -0.2) is 23.8 Å². The standard InChI is InChI=1S/C13H24O3/c1-9-6-10(2)8-13(15,7-9)12(3,4)11(14)16-5/h9-10,15H,6-8H2,1-5H3. The van der Waals surface area contributed by atoms with Gasteiger partial charge in [0.05, 0.1) is 18.1 Å². The van der Waals surface area contributed by atoms with E-state index in [-0.39, 0.29) is 5.97 Å². The van der Waals surface area contributed by atoms with Gasteiger partial charge in [-0.3, -0.25) is 4.79 Å². The highest BCUT2D eigenvalue weighted by Gasteiger charge is 2.52. The summed E-state index contributed by atoms with van der Waals surface area (Å²) in [4.78, 5) is 11.8. The average molecular weight is 228 g/mol. The van der Waals surface area contributed by atoms with Crippen molar-refractivity contribution in [1.82, 2.24) is 0 Å². The van der Waals surface area contributed by atoms with Crippen LogP contribution in [-0.2, 0) is 9.53 Å². The molecule has 1 aliphatic rings. The second-order valence-electron chi connectivity index (χ2n) is 6.00. The summed E-state index contributed by atoms with van der Waals surface area (Å²) in [5, 5.41) is 10.7. The van der Waals surface area contributed by atoms with Crippen molar-refractivity contribution in [1.29, 1.82) is 0 Å². The molecule has 0 heterocycles. The van der Waals surface area contributed by atoms with E-state index in [1.165, 1.54) is 7.11 Å². The lowest BCUT2D eigenvalue weighted by Gasteiger charge is -2.47. The zero-order chi connectivity index (χ0) is 12.6. The van der Waals surface area contributed by atoms with E-state index in [1.54, 1.807) is 13.8 Å². The number of carbonyl (C=O) groups excluding carboxylic acids is 1. The Bertz CT molecular complexity index is 260. The van der Waals surface area contributed by atoms with Crippen LogP contribution in [0.15, 0.2) is 0 Å². The average Bonchev–Trinajstić information content (AvgIpc) is 2.13. The first-order chi connectivity index (χ1) is 7.23. The van der Waals surface area contributed by atoms with E-state index in [1.807, 2.05) is 0 Å². The molecule has 0 aliphatic heterocycles. The van der Waals surface area contributed by atoms with Gasteiger partial charge in [0.25, 0.3) is 0 Å². The third-order valence-corrected chi connectivity index (χ3v) is 4.04. The fourth-order valence-electron chi connectivity index (χ4n) is 3.05. The Labute approximate surface area is 98.2 Å². The van der Waals surface area contributed by atoms with Crippen LogP contribution in [0.1, 0.15) is 47.0 Å². The molecule has 0 amide bonds. The molecule has 0 aromatic heterocycles. The molecule has 3 nitrogen and oxygen atoms in total. The van der Waals surface area contributed by atoms with E-state index in [4.69, 9.17) is 4.74 Å². The molecule has 94 valence electrons. The van der Waals surface area contributed by atoms with E-state index in [0.29, 0.717) is 24.7 Å². The summed E-state index contributed by atoms with van der Waals surface area (Å²) in [6.45, 7) is 7.83. The lowest BCUT2D eigenvalue weighted by molar-refractivity contribution is -0.177. The maximum atomic E-state index is 11.8. The third-order valence-electron chi connectivity index (χ3n) is 4.04. The normalized spacial score (nSPS) is 35.9. The van der Waals surface area contributed by atoms with Crippen LogP contribution in [0.2, 0.25) is 0 Å². The smallest absolute Gasteiger partial charge is 0.314 e. The number of carbonyl (C=O) groups is 1. The van der Waals surface area contributed by atoms with E-state index in [2.05, 4.69) is 13.8 Å². The van der Waals surface area contributed by atoms with E-state index in [9.17, 15) is 9.90 Å². The summed E-state index contributed by atoms with van der Waals surface area (Å²) in [5.41, 5.74) is -1.76. The minimum absolute atomic E-state index is 0.323. The summed E-state index contributed by atoms with van der Waals surface area (Å²) < 4.78 is 4.80. The van der Waals surface area contributed by atoms with Crippen molar-refractivity contribution in [2.45, 2.75) is 52.6 Å². The lowest BCUT2D eigenvalue weighted by atomic mass is 9.62. The first-order valence-corrected chi connectivity index (χ1v) is 6.03. The van der Waals surface area contributed by atoms with Gasteiger partial charge in [0.1, 0.15) is 0 Å². The highest BCUT2D eigenvalue weighted by atomic mass is 16.5. The van der Waals surface area contributed by atoms with Crippen molar-refractivity contribution < 1.29 is 14.6 Å². The molecule has 2 unspecified atom stereocenters. The highest BCUT2D eigenvalue weighted by molar-refractivity contribution is 5.77. The first kappa shape index (κ1) is 13.5. The minimum Gasteiger partial charge on any atom is -0.469 e. The van der Waals surface area contributed by atoms with E-state index >= 15 is 0 Å². The number of hydrogen-bond donors (Lipinski definition) is 1. The highest BCUT2D eigenvalue weighted by Crippen LogP contribution is 2.46. The monoisotopic (exact) mass is 228 g/mol. The zero-order valence-corrected chi connectivity index (χ0v) is 11.0. The summed E-state index contributed by atoms with van der Waals surface area (Å²) in [6, 6.07) is 0. The minimum atomic E-state index is -0.933. The van der Waals surface area contributed by atoms with Gasteiger partial charge in [0, 0.05) is 0 Å². The predicted molar refractivity (Wildman–Crippen MR) is 62.9 cm³/mol. The van der Waals surface area contributed by atoms with Crippen LogP contribution in [0.4, 0.5) is 0 Å². The van der Waals surface area contributed by atoms with E-state index in [0.717, 1.165) is 6.42 Å². The van der Waals surface area contributed by atoms with Gasteiger partial charge in [0.2, 0.25) is 0 Å². The fraction of sp³-hybridized carbons (Fsp3) is 0.923. The van der Waals surface area contributed by atoms with Crippen LogP contribution in [0.25, 0.3) is 0 Å². The molecule has 16 heavy (non-hydrogen) atoms. The topological polar surface area (TPSA) is 46.5 Å². The van der Waals surface area contributed by atoms with Gasteiger partial charge in [-0.1, -0.05) is 13.8 Å². The summed E-state index contributed by atoms with van der Waals surface area (Å²) >= 11 is 0. The van der Waals surface area contributed by atoms with Crippen molar-refractivity contribution in [3.8, 4) is 0 Å². The maximum Gasteiger partial charge on any atom is 0.314 e. The molecule has 1 saturated carbocycles. The molecule has 1 rings (SSSR count). The van der Waals surface area contributed by atoms with Crippen LogP contribution in [0.5, 0.6) is 0 Å². The number of ether oxygens (including phenoxy) is 1. The van der Waals surface area contributed by atoms with Crippen LogP contribution < -0.4 is 0 Å². The number of methoxy groups -OCH3 is 1. The number of hydrogen-bond acceptors (Lipinski definition) is 3. The molecular formula is C13H24O3. The third kappa shape index (κ3) is 2.24. The molecule has 0 aromatic carbocycles. The predicted octanol–water partition coefficient (Wildman–Crippen LogP) is 2.37. The Kier molecular flexibility index (Phi) is 3.68. The molecule has 2 atom stereocenters. The summed E-state index contributed by atoms with van der Waals surface area (Å²) in [6.07, 6.45) is 2.48. The molecule has 0 aromatic rings. The number of rotatable bonds is 2. The van der Waals surface area contributed by atoms with Crippen molar-refractivity contribution in [2.24, 2.45) is 17.3 Å². The second-order valence-corrected chi connectivity index (χ2v) is 6.00. The van der Waals surface area contributed by atoms with Crippen LogP contribution in [0.3, 0.4) is 0 Å². The van der Waals surface area contributed by atoms with Gasteiger partial charge in [0.15, 0.2) is 0 Å². The second kappa shape index (κ2) is 4.36. The lowest BCUT2D eigenvalue weighted by Crippen LogP contribution is -2.53. The number of esters is 1. The molecule has 1 N–H and O–H groups in total. The number of aliphatic hydroxyl groups is 1. The molecule has 0 radical (unpaired) electrons. The van der Waals surface area contributed by atoms with E-state index < -0.39 is 11.0 Å². The molecule has 0 bridgehead atoms. The quantitative estimate of drug-likeness (QED) is 0.738. The van der Waals surface area contributed by atoms with Crippen molar-refractivity contribution in [3.05, 3.63) is 0 Å². The van der Waals surface area contributed by atoms with Gasteiger partial charge >= 0.3 is 5.97 Å². The fourth-order valence-corrected chi connectivity index (χ4v) is 3.05.